The Morgan fingerprint density at radius 2 is 1.82 bits per heavy atom. The molecule has 3 heterocycles. The van der Waals surface area contributed by atoms with Crippen LogP contribution in [0.5, 0.6) is 0 Å². The molecule has 6 rings (SSSR count). The Balaban J connectivity index is 1.33. The zero-order chi connectivity index (χ0) is 27.5. The van der Waals surface area contributed by atoms with Gasteiger partial charge in [-0.2, -0.15) is 0 Å². The van der Waals surface area contributed by atoms with Gasteiger partial charge in [0.15, 0.2) is 0 Å². The molecule has 3 nitrogen and oxygen atoms in total. The highest BCUT2D eigenvalue weighted by Gasteiger charge is 2.18. The van der Waals surface area contributed by atoms with Gasteiger partial charge in [0.1, 0.15) is 11.3 Å². The van der Waals surface area contributed by atoms with Crippen LogP contribution < -0.4 is 4.90 Å². The van der Waals surface area contributed by atoms with Crippen LogP contribution in [-0.2, 0) is 6.54 Å². The van der Waals surface area contributed by atoms with Crippen LogP contribution in [0.4, 0.5) is 11.4 Å². The number of rotatable bonds is 6. The number of nitrogens with zero attached hydrogens (tertiary/aromatic N) is 2. The number of para-hydroxylation sites is 2. The third kappa shape index (κ3) is 4.87. The van der Waals surface area contributed by atoms with Gasteiger partial charge < -0.3 is 13.9 Å². The molecule has 0 radical (unpaired) electrons. The molecule has 5 aromatic rings. The van der Waals surface area contributed by atoms with E-state index in [2.05, 4.69) is 145 Å². The lowest BCUT2D eigenvalue weighted by Crippen LogP contribution is -2.18. The topological polar surface area (TPSA) is 21.3 Å². The Morgan fingerprint density at radius 3 is 2.73 bits per heavy atom. The number of fused-ring (bicyclic) bond motifs is 3. The van der Waals surface area contributed by atoms with Crippen molar-refractivity contribution in [3.05, 3.63) is 144 Å². The molecule has 0 aliphatic carbocycles. The van der Waals surface area contributed by atoms with E-state index in [9.17, 15) is 0 Å². The van der Waals surface area contributed by atoms with Crippen molar-refractivity contribution < 1.29 is 4.42 Å². The molecule has 40 heavy (non-hydrogen) atoms. The van der Waals surface area contributed by atoms with Crippen LogP contribution in [-0.4, -0.2) is 11.1 Å². The van der Waals surface area contributed by atoms with E-state index in [0.717, 1.165) is 46.8 Å². The summed E-state index contributed by atoms with van der Waals surface area (Å²) in [6, 6.07) is 26.0. The van der Waals surface area contributed by atoms with Gasteiger partial charge in [-0.05, 0) is 61.0 Å². The zero-order valence-corrected chi connectivity index (χ0v) is 23.1. The van der Waals surface area contributed by atoms with Gasteiger partial charge in [-0.3, -0.25) is 0 Å². The maximum Gasteiger partial charge on any atom is 0.135 e. The summed E-state index contributed by atoms with van der Waals surface area (Å²) >= 11 is 0. The Hall–Kier alpha value is -4.76. The van der Waals surface area contributed by atoms with Gasteiger partial charge in [0.05, 0.1) is 0 Å². The summed E-state index contributed by atoms with van der Waals surface area (Å²) in [6.07, 6.45) is 19.0. The van der Waals surface area contributed by atoms with Crippen LogP contribution in [0.1, 0.15) is 35.4 Å². The third-order valence-corrected chi connectivity index (χ3v) is 7.72. The predicted molar refractivity (Wildman–Crippen MR) is 171 cm³/mol. The van der Waals surface area contributed by atoms with E-state index in [0.29, 0.717) is 5.92 Å². The zero-order valence-electron chi connectivity index (χ0n) is 23.1. The molecule has 3 aromatic carbocycles. The molecule has 0 bridgehead atoms. The van der Waals surface area contributed by atoms with Gasteiger partial charge in [0.25, 0.3) is 0 Å². The average Bonchev–Trinajstić information content (AvgIpc) is 3.51. The number of allylic oxidation sites excluding steroid dienone is 6. The minimum absolute atomic E-state index is 0.336. The number of aromatic nitrogens is 1. The maximum atomic E-state index is 6.33. The molecular formula is C37H34N2O. The Bertz CT molecular complexity index is 1810. The summed E-state index contributed by atoms with van der Waals surface area (Å²) in [7, 11) is 0. The Kier molecular flexibility index (Phi) is 7.11. The molecule has 2 aromatic heterocycles. The smallest absolute Gasteiger partial charge is 0.135 e. The summed E-state index contributed by atoms with van der Waals surface area (Å²) in [5.41, 5.74) is 8.16. The number of anilines is 2. The molecule has 0 amide bonds. The lowest BCUT2D eigenvalue weighted by atomic mass is 9.98. The Morgan fingerprint density at radius 1 is 0.975 bits per heavy atom. The van der Waals surface area contributed by atoms with Crippen molar-refractivity contribution in [2.24, 2.45) is 0 Å². The highest BCUT2D eigenvalue weighted by Crippen LogP contribution is 2.37. The van der Waals surface area contributed by atoms with Gasteiger partial charge in [-0.1, -0.05) is 92.4 Å². The summed E-state index contributed by atoms with van der Waals surface area (Å²) < 4.78 is 8.64. The first-order valence-electron chi connectivity index (χ1n) is 13.9. The number of benzene rings is 3. The Labute approximate surface area is 236 Å². The summed E-state index contributed by atoms with van der Waals surface area (Å²) in [5, 5.41) is 2.37. The average molecular weight is 523 g/mol. The van der Waals surface area contributed by atoms with E-state index in [1.54, 1.807) is 0 Å². The van der Waals surface area contributed by atoms with E-state index in [1.807, 2.05) is 12.2 Å². The van der Waals surface area contributed by atoms with Gasteiger partial charge in [-0.15, -0.1) is 0 Å². The van der Waals surface area contributed by atoms with Gasteiger partial charge in [0.2, 0.25) is 0 Å². The first-order chi connectivity index (χ1) is 19.6. The number of hydrogen-bond acceptors (Lipinski definition) is 2. The summed E-state index contributed by atoms with van der Waals surface area (Å²) in [4.78, 5) is 2.40. The number of aryl methyl sites for hydroxylation is 1. The summed E-state index contributed by atoms with van der Waals surface area (Å²) in [5.74, 6) is 1.23. The summed E-state index contributed by atoms with van der Waals surface area (Å²) in [6.45, 7) is 9.77. The van der Waals surface area contributed by atoms with Crippen molar-refractivity contribution in [1.82, 2.24) is 4.57 Å². The van der Waals surface area contributed by atoms with Crippen LogP contribution in [0, 0.1) is 6.92 Å². The normalized spacial score (nSPS) is 17.2. The van der Waals surface area contributed by atoms with E-state index < -0.39 is 0 Å². The molecule has 0 saturated heterocycles. The first kappa shape index (κ1) is 25.5. The van der Waals surface area contributed by atoms with Crippen molar-refractivity contribution in [1.29, 1.82) is 0 Å². The van der Waals surface area contributed by atoms with E-state index in [4.69, 9.17) is 4.42 Å². The molecule has 1 aliphatic rings. The fourth-order valence-electron chi connectivity index (χ4n) is 5.60. The highest BCUT2D eigenvalue weighted by atomic mass is 16.3. The van der Waals surface area contributed by atoms with E-state index in [-0.39, 0.29) is 0 Å². The third-order valence-electron chi connectivity index (χ3n) is 7.72. The molecule has 0 spiro atoms. The van der Waals surface area contributed by atoms with Crippen LogP contribution >= 0.6 is 0 Å². The van der Waals surface area contributed by atoms with E-state index >= 15 is 0 Å². The van der Waals surface area contributed by atoms with Crippen LogP contribution in [0.2, 0.25) is 0 Å². The number of furan rings is 1. The molecule has 0 N–H and O–H groups in total. The maximum absolute atomic E-state index is 6.33. The molecule has 198 valence electrons. The van der Waals surface area contributed by atoms with Crippen molar-refractivity contribution in [2.45, 2.75) is 26.3 Å². The molecule has 0 saturated carbocycles. The van der Waals surface area contributed by atoms with Crippen LogP contribution in [0.25, 0.3) is 34.0 Å². The number of hydrogen-bond donors (Lipinski definition) is 0. The molecule has 1 unspecified atom stereocenters. The van der Waals surface area contributed by atoms with Crippen LogP contribution in [0.15, 0.2) is 126 Å². The van der Waals surface area contributed by atoms with Crippen LogP contribution in [0.3, 0.4) is 0 Å². The van der Waals surface area contributed by atoms with Crippen molar-refractivity contribution >= 4 is 45.4 Å². The quantitative estimate of drug-likeness (QED) is 0.207. The van der Waals surface area contributed by atoms with Gasteiger partial charge in [-0.25, -0.2) is 0 Å². The molecule has 0 fully saturated rings. The predicted octanol–water partition coefficient (Wildman–Crippen LogP) is 9.98. The second-order valence-corrected chi connectivity index (χ2v) is 10.3. The minimum atomic E-state index is 0.336. The second-order valence-electron chi connectivity index (χ2n) is 10.3. The fourth-order valence-corrected chi connectivity index (χ4v) is 5.60. The lowest BCUT2D eigenvalue weighted by molar-refractivity contribution is 0.600. The van der Waals surface area contributed by atoms with Crippen molar-refractivity contribution in [3.8, 4) is 0 Å². The lowest BCUT2D eigenvalue weighted by Gasteiger charge is -2.27. The largest absolute Gasteiger partial charge is 0.456 e. The first-order valence-corrected chi connectivity index (χ1v) is 13.9. The standard InChI is InChI=1S/C37H34N2O/c1-4-5-16-30-25-29-15-8-10-18-34(29)38(30)24-13-20-36-28(3)33-26-31(21-22-37(33)40-36)39-23-12-6-7-14-27(2)32-17-9-11-19-35(32)39/h4-22,25-27H,1,23-24H2,2-3H3/b12-6-,14-7-,16-5-,20-13-. The fraction of sp³-hybridized carbons (Fsp3) is 0.135. The molecular weight excluding hydrogens is 488 g/mol. The van der Waals surface area contributed by atoms with Crippen molar-refractivity contribution in [2.75, 3.05) is 11.4 Å². The van der Waals surface area contributed by atoms with E-state index in [1.165, 1.54) is 22.2 Å². The molecule has 1 aliphatic heterocycles. The minimum Gasteiger partial charge on any atom is -0.456 e. The SMILES string of the molecule is C=C/C=C\c1cc2ccccc2n1C/C=C\c1oc2ccc(N3C/C=C\C=C/C(C)c4ccccc43)cc2c1C. The van der Waals surface area contributed by atoms with Crippen molar-refractivity contribution in [3.63, 3.8) is 0 Å². The molecule has 1 atom stereocenters. The monoisotopic (exact) mass is 522 g/mol. The second kappa shape index (κ2) is 11.2. The van der Waals surface area contributed by atoms with Gasteiger partial charge >= 0.3 is 0 Å². The molecule has 3 heteroatoms. The van der Waals surface area contributed by atoms with Gasteiger partial charge in [0, 0.05) is 57.9 Å². The highest BCUT2D eigenvalue weighted by molar-refractivity contribution is 5.89.